The molecule has 1 atom stereocenters. The van der Waals surface area contributed by atoms with Gasteiger partial charge in [0.2, 0.25) is 11.8 Å². The van der Waals surface area contributed by atoms with E-state index in [4.69, 9.17) is 14.7 Å². The first-order chi connectivity index (χ1) is 19.0. The van der Waals surface area contributed by atoms with Gasteiger partial charge in [0.1, 0.15) is 17.6 Å². The summed E-state index contributed by atoms with van der Waals surface area (Å²) in [6.07, 6.45) is 6.00. The highest BCUT2D eigenvalue weighted by Gasteiger charge is 2.41. The number of ether oxygens (including phenoxy) is 1. The van der Waals surface area contributed by atoms with E-state index in [1.165, 1.54) is 23.1 Å². The van der Waals surface area contributed by atoms with Crippen molar-refractivity contribution in [2.45, 2.75) is 63.6 Å². The molecule has 1 fully saturated rings. The van der Waals surface area contributed by atoms with Crippen LogP contribution in [0.1, 0.15) is 56.1 Å². The van der Waals surface area contributed by atoms with Crippen LogP contribution in [0.15, 0.2) is 58.5 Å². The molecule has 2 aliphatic heterocycles. The Labute approximate surface area is 232 Å². The maximum absolute atomic E-state index is 13.4. The van der Waals surface area contributed by atoms with E-state index < -0.39 is 6.04 Å². The molecule has 5 rings (SSSR count). The molecule has 0 unspecified atom stereocenters. The van der Waals surface area contributed by atoms with Crippen LogP contribution in [-0.4, -0.2) is 58.6 Å². The highest BCUT2D eigenvalue weighted by atomic mass is 32.2. The van der Waals surface area contributed by atoms with Crippen LogP contribution in [0.3, 0.4) is 0 Å². The number of amidine groups is 2. The molecule has 204 valence electrons. The predicted octanol–water partition coefficient (Wildman–Crippen LogP) is 3.93. The SMILES string of the molecule is COc1ccc(CNC(=O)CC[C@H]2N=C3c4ccccc4N=C(SCC(=O)NC4CCCCC4)N3C2=O)cc1. The summed E-state index contributed by atoms with van der Waals surface area (Å²) in [6, 6.07) is 14.6. The Bertz CT molecular complexity index is 1290. The van der Waals surface area contributed by atoms with Crippen molar-refractivity contribution in [3.8, 4) is 5.75 Å². The van der Waals surface area contributed by atoms with Gasteiger partial charge in [-0.05, 0) is 49.1 Å². The summed E-state index contributed by atoms with van der Waals surface area (Å²) in [5.74, 6) is 1.04. The molecule has 0 saturated heterocycles. The third-order valence-corrected chi connectivity index (χ3v) is 8.08. The molecule has 1 aliphatic carbocycles. The molecule has 10 heteroatoms. The molecular weight excluding hydrogens is 514 g/mol. The monoisotopic (exact) mass is 547 g/mol. The first-order valence-corrected chi connectivity index (χ1v) is 14.4. The Kier molecular flexibility index (Phi) is 8.61. The lowest BCUT2D eigenvalue weighted by Crippen LogP contribution is -2.42. The molecule has 2 aromatic rings. The number of rotatable bonds is 9. The van der Waals surface area contributed by atoms with Crippen molar-refractivity contribution in [1.29, 1.82) is 0 Å². The van der Waals surface area contributed by atoms with Gasteiger partial charge in [-0.3, -0.25) is 19.4 Å². The number of carbonyl (C=O) groups excluding carboxylic acids is 3. The lowest BCUT2D eigenvalue weighted by atomic mass is 9.95. The van der Waals surface area contributed by atoms with E-state index in [2.05, 4.69) is 10.6 Å². The van der Waals surface area contributed by atoms with Gasteiger partial charge in [0, 0.05) is 24.6 Å². The number of para-hydroxylation sites is 1. The fourth-order valence-corrected chi connectivity index (χ4v) is 5.85. The van der Waals surface area contributed by atoms with Gasteiger partial charge >= 0.3 is 0 Å². The Morgan fingerprint density at radius 3 is 2.59 bits per heavy atom. The Morgan fingerprint density at radius 2 is 1.82 bits per heavy atom. The topological polar surface area (TPSA) is 112 Å². The number of nitrogens with zero attached hydrogens (tertiary/aromatic N) is 3. The molecule has 2 heterocycles. The van der Waals surface area contributed by atoms with E-state index >= 15 is 0 Å². The fourth-order valence-electron chi connectivity index (χ4n) is 5.03. The zero-order chi connectivity index (χ0) is 27.2. The van der Waals surface area contributed by atoms with Crippen LogP contribution in [0.4, 0.5) is 5.69 Å². The quantitative estimate of drug-likeness (QED) is 0.494. The first kappa shape index (κ1) is 26.9. The molecular formula is C29H33N5O4S. The fraction of sp³-hybridized carbons (Fsp3) is 0.414. The number of hydrogen-bond acceptors (Lipinski definition) is 7. The third-order valence-electron chi connectivity index (χ3n) is 7.14. The van der Waals surface area contributed by atoms with Crippen LogP contribution >= 0.6 is 11.8 Å². The van der Waals surface area contributed by atoms with Gasteiger partial charge in [0.15, 0.2) is 5.17 Å². The van der Waals surface area contributed by atoms with E-state index in [1.54, 1.807) is 7.11 Å². The highest BCUT2D eigenvalue weighted by molar-refractivity contribution is 8.14. The summed E-state index contributed by atoms with van der Waals surface area (Å²) in [6.45, 7) is 0.395. The number of hydrogen-bond donors (Lipinski definition) is 2. The minimum absolute atomic E-state index is 0.0522. The molecule has 0 aromatic heterocycles. The average Bonchev–Trinajstić information content (AvgIpc) is 3.31. The van der Waals surface area contributed by atoms with Gasteiger partial charge in [-0.2, -0.15) is 0 Å². The molecule has 3 amide bonds. The molecule has 2 N–H and O–H groups in total. The average molecular weight is 548 g/mol. The summed E-state index contributed by atoms with van der Waals surface area (Å²) in [5.41, 5.74) is 2.45. The summed E-state index contributed by atoms with van der Waals surface area (Å²) < 4.78 is 5.16. The number of benzene rings is 2. The Morgan fingerprint density at radius 1 is 1.05 bits per heavy atom. The van der Waals surface area contributed by atoms with E-state index in [1.807, 2.05) is 48.5 Å². The first-order valence-electron chi connectivity index (χ1n) is 13.4. The molecule has 9 nitrogen and oxygen atoms in total. The van der Waals surface area contributed by atoms with Gasteiger partial charge in [0.05, 0.1) is 18.6 Å². The number of thioether (sulfide) groups is 1. The summed E-state index contributed by atoms with van der Waals surface area (Å²) >= 11 is 1.25. The smallest absolute Gasteiger partial charge is 0.259 e. The van der Waals surface area contributed by atoms with E-state index in [-0.39, 0.29) is 42.4 Å². The van der Waals surface area contributed by atoms with Crippen LogP contribution in [0.2, 0.25) is 0 Å². The van der Waals surface area contributed by atoms with Crippen molar-refractivity contribution in [1.82, 2.24) is 15.5 Å². The largest absolute Gasteiger partial charge is 0.497 e. The van der Waals surface area contributed by atoms with Crippen LogP contribution in [0.5, 0.6) is 5.75 Å². The second-order valence-electron chi connectivity index (χ2n) is 9.91. The standard InChI is InChI=1S/C29H33N5O4S/c1-38-21-13-11-19(12-14-21)17-30-25(35)16-15-24-28(37)34-27(32-24)22-9-5-6-10-23(22)33-29(34)39-18-26(36)31-20-7-3-2-4-8-20/h5-6,9-14,20,24H,2-4,7-8,15-18H2,1H3,(H,30,35)(H,31,36)/t24-/m1/s1. The molecule has 0 bridgehead atoms. The zero-order valence-corrected chi connectivity index (χ0v) is 22.8. The number of fused-ring (bicyclic) bond motifs is 3. The van der Waals surface area contributed by atoms with Gasteiger partial charge in [0.25, 0.3) is 5.91 Å². The number of amides is 3. The van der Waals surface area contributed by atoms with Gasteiger partial charge in [-0.25, -0.2) is 9.89 Å². The molecule has 39 heavy (non-hydrogen) atoms. The number of aliphatic imine (C=N–C) groups is 2. The van der Waals surface area contributed by atoms with Crippen LogP contribution in [0, 0.1) is 0 Å². The predicted molar refractivity (Wildman–Crippen MR) is 152 cm³/mol. The van der Waals surface area contributed by atoms with E-state index in [9.17, 15) is 14.4 Å². The summed E-state index contributed by atoms with van der Waals surface area (Å²) in [5, 5.41) is 6.47. The zero-order valence-electron chi connectivity index (χ0n) is 22.0. The van der Waals surface area contributed by atoms with Crippen molar-refractivity contribution in [3.63, 3.8) is 0 Å². The number of nitrogens with one attached hydrogen (secondary N) is 2. The molecule has 0 radical (unpaired) electrons. The van der Waals surface area contributed by atoms with Crippen molar-refractivity contribution >= 4 is 46.2 Å². The molecule has 3 aliphatic rings. The maximum atomic E-state index is 13.4. The molecule has 0 spiro atoms. The van der Waals surface area contributed by atoms with Crippen molar-refractivity contribution in [2.24, 2.45) is 9.98 Å². The van der Waals surface area contributed by atoms with E-state index in [0.29, 0.717) is 23.2 Å². The Hall–Kier alpha value is -3.66. The van der Waals surface area contributed by atoms with Crippen LogP contribution in [0.25, 0.3) is 0 Å². The minimum atomic E-state index is -0.681. The summed E-state index contributed by atoms with van der Waals surface area (Å²) in [4.78, 5) is 49.6. The maximum Gasteiger partial charge on any atom is 0.259 e. The van der Waals surface area contributed by atoms with Gasteiger partial charge < -0.3 is 15.4 Å². The molecule has 2 aromatic carbocycles. The third kappa shape index (κ3) is 6.50. The Balaban J connectivity index is 1.20. The van der Waals surface area contributed by atoms with Crippen LogP contribution < -0.4 is 15.4 Å². The number of carbonyl (C=O) groups is 3. The second kappa shape index (κ2) is 12.5. The van der Waals surface area contributed by atoms with Crippen molar-refractivity contribution in [2.75, 3.05) is 12.9 Å². The van der Waals surface area contributed by atoms with Crippen molar-refractivity contribution in [3.05, 3.63) is 59.7 Å². The van der Waals surface area contributed by atoms with Gasteiger partial charge in [-0.15, -0.1) is 0 Å². The second-order valence-corrected chi connectivity index (χ2v) is 10.9. The van der Waals surface area contributed by atoms with Crippen molar-refractivity contribution < 1.29 is 19.1 Å². The van der Waals surface area contributed by atoms with Gasteiger partial charge in [-0.1, -0.05) is 55.3 Å². The number of methoxy groups -OCH3 is 1. The van der Waals surface area contributed by atoms with Crippen LogP contribution in [-0.2, 0) is 20.9 Å². The summed E-state index contributed by atoms with van der Waals surface area (Å²) in [7, 11) is 1.61. The highest BCUT2D eigenvalue weighted by Crippen LogP contribution is 2.34. The lowest BCUT2D eigenvalue weighted by Gasteiger charge is -2.26. The molecule has 1 saturated carbocycles. The van der Waals surface area contributed by atoms with E-state index in [0.717, 1.165) is 42.6 Å². The minimum Gasteiger partial charge on any atom is -0.497 e. The normalized spacial score (nSPS) is 18.5. The lowest BCUT2D eigenvalue weighted by molar-refractivity contribution is -0.125.